The Balaban J connectivity index is 2.47. The Morgan fingerprint density at radius 1 is 1.50 bits per heavy atom. The first-order chi connectivity index (χ1) is 6.69. The quantitative estimate of drug-likeness (QED) is 0.755. The van der Waals surface area contributed by atoms with E-state index in [1.807, 2.05) is 0 Å². The van der Waals surface area contributed by atoms with E-state index < -0.39 is 0 Å². The number of hydrogen-bond donors (Lipinski definition) is 1. The zero-order valence-corrected chi connectivity index (χ0v) is 9.66. The van der Waals surface area contributed by atoms with E-state index in [1.165, 1.54) is 16.0 Å². The van der Waals surface area contributed by atoms with Crippen molar-refractivity contribution in [3.05, 3.63) is 29.3 Å². The predicted octanol–water partition coefficient (Wildman–Crippen LogP) is 2.92. The minimum Gasteiger partial charge on any atom is -0.321 e. The standard InChI is InChI=1S/C12H17NS/c1-3-12(13)7-6-9-4-5-10(14-2)8-11(9)12/h4-5,8H,3,6-7,13H2,1-2H3. The molecule has 0 aromatic heterocycles. The summed E-state index contributed by atoms with van der Waals surface area (Å²) < 4.78 is 0. The molecule has 1 unspecified atom stereocenters. The number of hydrogen-bond acceptors (Lipinski definition) is 2. The summed E-state index contributed by atoms with van der Waals surface area (Å²) in [5.41, 5.74) is 9.16. The smallest absolute Gasteiger partial charge is 0.0413 e. The van der Waals surface area contributed by atoms with Crippen molar-refractivity contribution in [2.45, 2.75) is 36.6 Å². The van der Waals surface area contributed by atoms with Gasteiger partial charge in [0.2, 0.25) is 0 Å². The lowest BCUT2D eigenvalue weighted by atomic mass is 9.90. The van der Waals surface area contributed by atoms with Gasteiger partial charge in [-0.1, -0.05) is 13.0 Å². The van der Waals surface area contributed by atoms with Gasteiger partial charge in [-0.2, -0.15) is 0 Å². The summed E-state index contributed by atoms with van der Waals surface area (Å²) in [5, 5.41) is 0. The highest BCUT2D eigenvalue weighted by molar-refractivity contribution is 7.98. The van der Waals surface area contributed by atoms with Crippen molar-refractivity contribution in [2.75, 3.05) is 6.26 Å². The van der Waals surface area contributed by atoms with Crippen LogP contribution in [0.1, 0.15) is 30.9 Å². The van der Waals surface area contributed by atoms with E-state index in [2.05, 4.69) is 31.4 Å². The van der Waals surface area contributed by atoms with Gasteiger partial charge in [0.1, 0.15) is 0 Å². The molecule has 1 aliphatic rings. The first kappa shape index (κ1) is 10.1. The van der Waals surface area contributed by atoms with Crippen molar-refractivity contribution in [2.24, 2.45) is 5.73 Å². The average molecular weight is 207 g/mol. The molecule has 0 amide bonds. The Morgan fingerprint density at radius 2 is 2.29 bits per heavy atom. The van der Waals surface area contributed by atoms with Gasteiger partial charge in [0.15, 0.2) is 0 Å². The zero-order valence-electron chi connectivity index (χ0n) is 8.84. The van der Waals surface area contributed by atoms with E-state index >= 15 is 0 Å². The number of benzene rings is 1. The molecule has 0 heterocycles. The molecule has 1 aliphatic carbocycles. The maximum atomic E-state index is 6.38. The van der Waals surface area contributed by atoms with Gasteiger partial charge in [0, 0.05) is 10.4 Å². The number of aryl methyl sites for hydroxylation is 1. The second kappa shape index (κ2) is 3.59. The van der Waals surface area contributed by atoms with E-state index in [9.17, 15) is 0 Å². The highest BCUT2D eigenvalue weighted by Gasteiger charge is 2.33. The van der Waals surface area contributed by atoms with Gasteiger partial charge < -0.3 is 5.73 Å². The molecule has 1 nitrogen and oxygen atoms in total. The highest BCUT2D eigenvalue weighted by atomic mass is 32.2. The Labute approximate surface area is 90.1 Å². The summed E-state index contributed by atoms with van der Waals surface area (Å²) in [6.07, 6.45) is 5.41. The number of nitrogens with two attached hydrogens (primary N) is 1. The Kier molecular flexibility index (Phi) is 2.58. The second-order valence-corrected chi connectivity index (χ2v) is 4.91. The molecule has 0 radical (unpaired) electrons. The molecule has 0 spiro atoms. The van der Waals surface area contributed by atoms with Crippen LogP contribution in [0.3, 0.4) is 0 Å². The van der Waals surface area contributed by atoms with Crippen LogP contribution < -0.4 is 5.73 Å². The van der Waals surface area contributed by atoms with E-state index in [4.69, 9.17) is 5.73 Å². The Hall–Kier alpha value is -0.470. The van der Waals surface area contributed by atoms with Crippen molar-refractivity contribution in [3.63, 3.8) is 0 Å². The number of fused-ring (bicyclic) bond motifs is 1. The fourth-order valence-corrected chi connectivity index (χ4v) is 2.66. The average Bonchev–Trinajstić information content (AvgIpc) is 2.57. The maximum Gasteiger partial charge on any atom is 0.0413 e. The molecule has 0 fully saturated rings. The van der Waals surface area contributed by atoms with Gasteiger partial charge in [-0.25, -0.2) is 0 Å². The van der Waals surface area contributed by atoms with Crippen LogP contribution in [0.25, 0.3) is 0 Å². The Morgan fingerprint density at radius 3 is 2.93 bits per heavy atom. The molecule has 0 saturated heterocycles. The molecule has 1 atom stereocenters. The molecule has 1 aromatic carbocycles. The second-order valence-electron chi connectivity index (χ2n) is 4.03. The minimum absolute atomic E-state index is 0.0545. The van der Waals surface area contributed by atoms with Crippen molar-refractivity contribution in [1.29, 1.82) is 0 Å². The first-order valence-corrected chi connectivity index (χ1v) is 6.38. The molecule has 1 aromatic rings. The van der Waals surface area contributed by atoms with Crippen molar-refractivity contribution < 1.29 is 0 Å². The fourth-order valence-electron chi connectivity index (χ4n) is 2.22. The molecule has 76 valence electrons. The predicted molar refractivity (Wildman–Crippen MR) is 62.7 cm³/mol. The molecule has 2 rings (SSSR count). The summed E-state index contributed by atoms with van der Waals surface area (Å²) >= 11 is 1.79. The normalized spacial score (nSPS) is 25.1. The van der Waals surface area contributed by atoms with Gasteiger partial charge in [-0.15, -0.1) is 11.8 Å². The van der Waals surface area contributed by atoms with Crippen LogP contribution in [0.4, 0.5) is 0 Å². The molecule has 0 bridgehead atoms. The third-order valence-electron chi connectivity index (χ3n) is 3.32. The lowest BCUT2D eigenvalue weighted by molar-refractivity contribution is 0.426. The van der Waals surface area contributed by atoms with E-state index in [0.29, 0.717) is 0 Å². The van der Waals surface area contributed by atoms with Crippen LogP contribution in [0, 0.1) is 0 Å². The van der Waals surface area contributed by atoms with Gasteiger partial charge >= 0.3 is 0 Å². The molecule has 2 N–H and O–H groups in total. The minimum atomic E-state index is -0.0545. The van der Waals surface area contributed by atoms with Gasteiger partial charge in [0.05, 0.1) is 0 Å². The van der Waals surface area contributed by atoms with Crippen molar-refractivity contribution >= 4 is 11.8 Å². The maximum absolute atomic E-state index is 6.38. The summed E-state index contributed by atoms with van der Waals surface area (Å²) in [5.74, 6) is 0. The number of thioether (sulfide) groups is 1. The van der Waals surface area contributed by atoms with Crippen LogP contribution in [0.2, 0.25) is 0 Å². The summed E-state index contributed by atoms with van der Waals surface area (Å²) in [6.45, 7) is 2.18. The molecule has 14 heavy (non-hydrogen) atoms. The van der Waals surface area contributed by atoms with E-state index in [1.54, 1.807) is 11.8 Å². The summed E-state index contributed by atoms with van der Waals surface area (Å²) in [6, 6.07) is 6.72. The first-order valence-electron chi connectivity index (χ1n) is 5.16. The van der Waals surface area contributed by atoms with Gasteiger partial charge in [-0.05, 0) is 48.8 Å². The summed E-state index contributed by atoms with van der Waals surface area (Å²) in [4.78, 5) is 1.33. The van der Waals surface area contributed by atoms with Crippen molar-refractivity contribution in [3.8, 4) is 0 Å². The van der Waals surface area contributed by atoms with Crippen LogP contribution in [-0.2, 0) is 12.0 Å². The third-order valence-corrected chi connectivity index (χ3v) is 4.05. The SMILES string of the molecule is CCC1(N)CCc2ccc(SC)cc21. The van der Waals surface area contributed by atoms with Crippen LogP contribution in [0.15, 0.2) is 23.1 Å². The van der Waals surface area contributed by atoms with Crippen LogP contribution >= 0.6 is 11.8 Å². The number of rotatable bonds is 2. The van der Waals surface area contributed by atoms with E-state index in [-0.39, 0.29) is 5.54 Å². The summed E-state index contributed by atoms with van der Waals surface area (Å²) in [7, 11) is 0. The van der Waals surface area contributed by atoms with Crippen molar-refractivity contribution in [1.82, 2.24) is 0 Å². The van der Waals surface area contributed by atoms with Gasteiger partial charge in [-0.3, -0.25) is 0 Å². The van der Waals surface area contributed by atoms with Crippen LogP contribution in [0.5, 0.6) is 0 Å². The van der Waals surface area contributed by atoms with Gasteiger partial charge in [0.25, 0.3) is 0 Å². The largest absolute Gasteiger partial charge is 0.321 e. The lowest BCUT2D eigenvalue weighted by Gasteiger charge is -2.23. The van der Waals surface area contributed by atoms with E-state index in [0.717, 1.165) is 19.3 Å². The Bertz CT molecular complexity index is 348. The molecular formula is C12H17NS. The molecular weight excluding hydrogens is 190 g/mol. The fraction of sp³-hybridized carbons (Fsp3) is 0.500. The molecule has 0 saturated carbocycles. The zero-order chi connectivity index (χ0) is 10.2. The highest BCUT2D eigenvalue weighted by Crippen LogP contribution is 2.38. The van der Waals surface area contributed by atoms with Crippen LogP contribution in [-0.4, -0.2) is 6.26 Å². The lowest BCUT2D eigenvalue weighted by Crippen LogP contribution is -2.33. The molecule has 0 aliphatic heterocycles. The monoisotopic (exact) mass is 207 g/mol. The molecule has 2 heteroatoms. The third kappa shape index (κ3) is 1.47. The topological polar surface area (TPSA) is 26.0 Å².